The minimum absolute atomic E-state index is 0.0493. The summed E-state index contributed by atoms with van der Waals surface area (Å²) >= 11 is 0. The van der Waals surface area contributed by atoms with E-state index in [0.29, 0.717) is 13.0 Å². The first-order valence-corrected chi connectivity index (χ1v) is 7.59. The molecule has 1 aliphatic rings. The van der Waals surface area contributed by atoms with Gasteiger partial charge in [-0.25, -0.2) is 0 Å². The molecule has 1 aromatic carbocycles. The maximum atomic E-state index is 11.8. The van der Waals surface area contributed by atoms with E-state index in [2.05, 4.69) is 5.32 Å². The molecule has 0 saturated carbocycles. The van der Waals surface area contributed by atoms with Gasteiger partial charge in [0.1, 0.15) is 5.75 Å². The molecule has 0 bridgehead atoms. The molecule has 1 amide bonds. The number of hydrogen-bond donors (Lipinski definition) is 3. The number of nitrogens with two attached hydrogens (primary N) is 2. The van der Waals surface area contributed by atoms with Crippen molar-refractivity contribution >= 4 is 12.0 Å². The minimum Gasteiger partial charge on any atom is -0.497 e. The third kappa shape index (κ3) is 5.30. The third-order valence-electron chi connectivity index (χ3n) is 3.70. The van der Waals surface area contributed by atoms with Crippen molar-refractivity contribution < 1.29 is 9.53 Å². The van der Waals surface area contributed by atoms with Crippen molar-refractivity contribution in [2.75, 3.05) is 13.7 Å². The fourth-order valence-corrected chi connectivity index (χ4v) is 2.34. The molecule has 5 heteroatoms. The van der Waals surface area contributed by atoms with Crippen molar-refractivity contribution in [1.82, 2.24) is 5.32 Å². The van der Waals surface area contributed by atoms with Gasteiger partial charge in [0.15, 0.2) is 0 Å². The van der Waals surface area contributed by atoms with Crippen LogP contribution >= 0.6 is 0 Å². The van der Waals surface area contributed by atoms with Crippen LogP contribution in [0.25, 0.3) is 6.08 Å². The highest BCUT2D eigenvalue weighted by atomic mass is 16.5. The number of carbonyl (C=O) groups is 1. The zero-order chi connectivity index (χ0) is 16.7. The lowest BCUT2D eigenvalue weighted by Gasteiger charge is -2.19. The number of methoxy groups -OCH3 is 1. The second-order valence-electron chi connectivity index (χ2n) is 5.44. The highest BCUT2D eigenvalue weighted by Gasteiger charge is 2.13. The molecule has 23 heavy (non-hydrogen) atoms. The quantitative estimate of drug-likeness (QED) is 0.697. The van der Waals surface area contributed by atoms with Crippen LogP contribution in [0, 0.1) is 0 Å². The molecule has 1 aliphatic carbocycles. The van der Waals surface area contributed by atoms with Crippen molar-refractivity contribution in [2.45, 2.75) is 18.9 Å². The van der Waals surface area contributed by atoms with E-state index in [9.17, 15) is 4.79 Å². The Kier molecular flexibility index (Phi) is 6.00. The second-order valence-corrected chi connectivity index (χ2v) is 5.44. The Bertz CT molecular complexity index is 630. The Morgan fingerprint density at radius 3 is 2.74 bits per heavy atom. The first-order valence-electron chi connectivity index (χ1n) is 7.59. The summed E-state index contributed by atoms with van der Waals surface area (Å²) in [6.45, 7) is 0.555. The molecule has 2 rings (SSSR count). The van der Waals surface area contributed by atoms with Crippen LogP contribution in [0.4, 0.5) is 0 Å². The topological polar surface area (TPSA) is 90.4 Å². The number of benzene rings is 1. The zero-order valence-electron chi connectivity index (χ0n) is 13.3. The average Bonchev–Trinajstić information content (AvgIpc) is 2.55. The third-order valence-corrected chi connectivity index (χ3v) is 3.70. The normalized spacial score (nSPS) is 17.6. The fourth-order valence-electron chi connectivity index (χ4n) is 2.34. The van der Waals surface area contributed by atoms with Crippen molar-refractivity contribution in [3.63, 3.8) is 0 Å². The number of hydrogen-bond acceptors (Lipinski definition) is 4. The number of amides is 1. The minimum atomic E-state index is -0.124. The average molecular weight is 313 g/mol. The maximum Gasteiger partial charge on any atom is 0.244 e. The van der Waals surface area contributed by atoms with Crippen LogP contribution in [0.1, 0.15) is 18.4 Å². The highest BCUT2D eigenvalue weighted by Crippen LogP contribution is 2.16. The van der Waals surface area contributed by atoms with E-state index in [0.717, 1.165) is 29.0 Å². The lowest BCUT2D eigenvalue weighted by atomic mass is 9.95. The summed E-state index contributed by atoms with van der Waals surface area (Å²) in [6, 6.07) is 7.45. The van der Waals surface area contributed by atoms with Crippen LogP contribution in [-0.2, 0) is 4.79 Å². The Hall–Kier alpha value is -2.53. The van der Waals surface area contributed by atoms with Gasteiger partial charge in [0, 0.05) is 30.8 Å². The molecule has 122 valence electrons. The summed E-state index contributed by atoms with van der Waals surface area (Å²) in [5, 5.41) is 2.86. The Morgan fingerprint density at radius 1 is 1.35 bits per heavy atom. The van der Waals surface area contributed by atoms with Gasteiger partial charge in [-0.15, -0.1) is 0 Å². The Labute approximate surface area is 136 Å². The summed E-state index contributed by atoms with van der Waals surface area (Å²) in [6.07, 6.45) is 8.52. The first kappa shape index (κ1) is 16.8. The highest BCUT2D eigenvalue weighted by molar-refractivity contribution is 5.91. The molecule has 1 unspecified atom stereocenters. The lowest BCUT2D eigenvalue weighted by molar-refractivity contribution is -0.116. The molecule has 0 fully saturated rings. The molecule has 0 spiro atoms. The monoisotopic (exact) mass is 313 g/mol. The molecule has 0 saturated heterocycles. The summed E-state index contributed by atoms with van der Waals surface area (Å²) in [5.41, 5.74) is 14.6. The number of carbonyl (C=O) groups excluding carboxylic acids is 1. The van der Waals surface area contributed by atoms with Gasteiger partial charge in [0.25, 0.3) is 0 Å². The van der Waals surface area contributed by atoms with Gasteiger partial charge in [-0.3, -0.25) is 4.79 Å². The second kappa shape index (κ2) is 8.19. The standard InChI is InChI=1S/C18H23N3O2/c1-23-16-7-2-13(3-8-16)4-9-18(22)21-11-10-14-5-6-15(19)12-17(14)20/h2-9,17H,10-12,19-20H2,1H3,(H,21,22)/b9-4+. The van der Waals surface area contributed by atoms with Crippen LogP contribution in [0.5, 0.6) is 5.75 Å². The predicted octanol–water partition coefficient (Wildman–Crippen LogP) is 1.71. The van der Waals surface area contributed by atoms with Crippen molar-refractivity contribution in [3.05, 3.63) is 59.3 Å². The Morgan fingerprint density at radius 2 is 2.09 bits per heavy atom. The summed E-state index contributed by atoms with van der Waals surface area (Å²) in [7, 11) is 1.62. The van der Waals surface area contributed by atoms with Crippen LogP contribution in [-0.4, -0.2) is 25.6 Å². The van der Waals surface area contributed by atoms with E-state index in [1.54, 1.807) is 13.2 Å². The van der Waals surface area contributed by atoms with Crippen LogP contribution in [0.15, 0.2) is 53.8 Å². The molecule has 5 nitrogen and oxygen atoms in total. The van der Waals surface area contributed by atoms with Crippen LogP contribution in [0.2, 0.25) is 0 Å². The largest absolute Gasteiger partial charge is 0.497 e. The molecule has 0 radical (unpaired) electrons. The smallest absolute Gasteiger partial charge is 0.244 e. The van der Waals surface area contributed by atoms with Gasteiger partial charge in [0.05, 0.1) is 7.11 Å². The molecular weight excluding hydrogens is 290 g/mol. The maximum absolute atomic E-state index is 11.8. The van der Waals surface area contributed by atoms with Crippen molar-refractivity contribution in [2.24, 2.45) is 11.5 Å². The van der Waals surface area contributed by atoms with Gasteiger partial charge < -0.3 is 21.5 Å². The summed E-state index contributed by atoms with van der Waals surface area (Å²) < 4.78 is 5.09. The zero-order valence-corrected chi connectivity index (χ0v) is 13.3. The van der Waals surface area contributed by atoms with E-state index in [-0.39, 0.29) is 11.9 Å². The molecule has 0 aliphatic heterocycles. The van der Waals surface area contributed by atoms with Gasteiger partial charge in [0.2, 0.25) is 5.91 Å². The van der Waals surface area contributed by atoms with Crippen molar-refractivity contribution in [3.8, 4) is 5.75 Å². The number of allylic oxidation sites excluding steroid dienone is 2. The number of rotatable bonds is 6. The number of nitrogens with one attached hydrogen (secondary N) is 1. The molecule has 1 atom stereocenters. The molecule has 0 heterocycles. The Balaban J connectivity index is 1.77. The summed E-state index contributed by atoms with van der Waals surface area (Å²) in [4.78, 5) is 11.8. The SMILES string of the molecule is COc1ccc(/C=C/C(=O)NCCC2=CC=C(N)CC2N)cc1. The van der Waals surface area contributed by atoms with E-state index in [4.69, 9.17) is 16.2 Å². The fraction of sp³-hybridized carbons (Fsp3) is 0.278. The van der Waals surface area contributed by atoms with E-state index >= 15 is 0 Å². The molecule has 5 N–H and O–H groups in total. The molecule has 0 aromatic heterocycles. The van der Waals surface area contributed by atoms with Gasteiger partial charge in [-0.2, -0.15) is 0 Å². The van der Waals surface area contributed by atoms with E-state index in [1.165, 1.54) is 6.08 Å². The predicted molar refractivity (Wildman–Crippen MR) is 92.6 cm³/mol. The van der Waals surface area contributed by atoms with Crippen molar-refractivity contribution in [1.29, 1.82) is 0 Å². The summed E-state index contributed by atoms with van der Waals surface area (Å²) in [5.74, 6) is 0.666. The first-order chi connectivity index (χ1) is 11.1. The van der Waals surface area contributed by atoms with Gasteiger partial charge in [-0.1, -0.05) is 23.8 Å². The van der Waals surface area contributed by atoms with E-state index in [1.807, 2.05) is 36.4 Å². The van der Waals surface area contributed by atoms with Gasteiger partial charge >= 0.3 is 0 Å². The van der Waals surface area contributed by atoms with Crippen LogP contribution in [0.3, 0.4) is 0 Å². The van der Waals surface area contributed by atoms with Gasteiger partial charge in [-0.05, 0) is 36.3 Å². The lowest BCUT2D eigenvalue weighted by Crippen LogP contribution is -2.30. The molecule has 1 aromatic rings. The van der Waals surface area contributed by atoms with Crippen LogP contribution < -0.4 is 21.5 Å². The van der Waals surface area contributed by atoms with E-state index < -0.39 is 0 Å². The number of ether oxygens (including phenoxy) is 1. The molecular formula is C18H23N3O2.